The van der Waals surface area contributed by atoms with Crippen LogP contribution in [0.1, 0.15) is 24.5 Å². The minimum atomic E-state index is 0.760. The highest BCUT2D eigenvalue weighted by atomic mass is 14.8. The van der Waals surface area contributed by atoms with Crippen LogP contribution in [0.25, 0.3) is 0 Å². The number of benzene rings is 1. The van der Waals surface area contributed by atoms with Gasteiger partial charge in [-0.3, -0.25) is 0 Å². The van der Waals surface area contributed by atoms with Crippen molar-refractivity contribution in [2.24, 2.45) is 0 Å². The molecule has 0 heterocycles. The van der Waals surface area contributed by atoms with E-state index in [0.717, 1.165) is 30.6 Å². The Morgan fingerprint density at radius 2 is 2.20 bits per heavy atom. The lowest BCUT2D eigenvalue weighted by Gasteiger charge is -2.04. The lowest BCUT2D eigenvalue weighted by atomic mass is 10.1. The van der Waals surface area contributed by atoms with Gasteiger partial charge in [-0.2, -0.15) is 5.26 Å². The van der Waals surface area contributed by atoms with Gasteiger partial charge in [0, 0.05) is 6.54 Å². The van der Waals surface area contributed by atoms with Crippen molar-refractivity contribution in [3.8, 4) is 6.07 Å². The van der Waals surface area contributed by atoms with Crippen LogP contribution in [-0.2, 0) is 6.54 Å². The van der Waals surface area contributed by atoms with E-state index in [9.17, 15) is 0 Å². The van der Waals surface area contributed by atoms with Gasteiger partial charge in [0.25, 0.3) is 0 Å². The number of hydrogen-bond donors (Lipinski definition) is 1. The van der Waals surface area contributed by atoms with E-state index in [4.69, 9.17) is 5.26 Å². The number of hydrogen-bond acceptors (Lipinski definition) is 2. The van der Waals surface area contributed by atoms with Crippen LogP contribution < -0.4 is 5.32 Å². The highest BCUT2D eigenvalue weighted by Crippen LogP contribution is 2.06. The summed E-state index contributed by atoms with van der Waals surface area (Å²) in [6, 6.07) is 9.88. The fourth-order valence-electron chi connectivity index (χ4n) is 1.36. The van der Waals surface area contributed by atoms with Crippen LogP contribution >= 0.6 is 0 Å². The second-order valence-electron chi connectivity index (χ2n) is 3.30. The molecule has 0 saturated heterocycles. The highest BCUT2D eigenvalue weighted by Gasteiger charge is 1.98. The average Bonchev–Trinajstić information content (AvgIpc) is 2.29. The number of nitrogens with one attached hydrogen (secondary N) is 1. The van der Waals surface area contributed by atoms with E-state index in [-0.39, 0.29) is 0 Å². The van der Waals surface area contributed by atoms with Crippen LogP contribution in [0.2, 0.25) is 0 Å². The molecule has 1 aromatic carbocycles. The molecule has 0 saturated carbocycles. The molecule has 0 aliphatic rings. The van der Waals surface area contributed by atoms with Gasteiger partial charge in [0.1, 0.15) is 0 Å². The standard InChI is InChI=1S/C13H16N2/c1-2-3-6-9-15-11-13-8-5-4-7-12(13)10-14/h2-5,7-8,15H,6,9,11H2,1H3/b3-2+. The van der Waals surface area contributed by atoms with E-state index in [2.05, 4.69) is 17.5 Å². The Bertz CT molecular complexity index is 361. The average molecular weight is 200 g/mol. The van der Waals surface area contributed by atoms with Crippen molar-refractivity contribution in [3.05, 3.63) is 47.5 Å². The third-order valence-electron chi connectivity index (χ3n) is 2.18. The third kappa shape index (κ3) is 3.97. The summed E-state index contributed by atoms with van der Waals surface area (Å²) < 4.78 is 0. The molecule has 78 valence electrons. The molecule has 0 radical (unpaired) electrons. The van der Waals surface area contributed by atoms with Crippen molar-refractivity contribution < 1.29 is 0 Å². The largest absolute Gasteiger partial charge is 0.312 e. The van der Waals surface area contributed by atoms with Crippen LogP contribution in [0.15, 0.2) is 36.4 Å². The smallest absolute Gasteiger partial charge is 0.0995 e. The highest BCUT2D eigenvalue weighted by molar-refractivity contribution is 5.37. The van der Waals surface area contributed by atoms with E-state index in [1.54, 1.807) is 0 Å². The minimum absolute atomic E-state index is 0.760. The van der Waals surface area contributed by atoms with Gasteiger partial charge in [-0.15, -0.1) is 0 Å². The SMILES string of the molecule is C/C=C/CCNCc1ccccc1C#N. The van der Waals surface area contributed by atoms with Gasteiger partial charge < -0.3 is 5.32 Å². The second-order valence-corrected chi connectivity index (χ2v) is 3.30. The maximum atomic E-state index is 8.87. The first kappa shape index (κ1) is 11.5. The predicted molar refractivity (Wildman–Crippen MR) is 62.3 cm³/mol. The Morgan fingerprint density at radius 1 is 1.40 bits per heavy atom. The maximum Gasteiger partial charge on any atom is 0.0995 e. The van der Waals surface area contributed by atoms with Crippen LogP contribution in [0.4, 0.5) is 0 Å². The second kappa shape index (κ2) is 6.80. The Labute approximate surface area is 91.2 Å². The van der Waals surface area contributed by atoms with E-state index in [0.29, 0.717) is 0 Å². The summed E-state index contributed by atoms with van der Waals surface area (Å²) in [5, 5.41) is 12.2. The van der Waals surface area contributed by atoms with Crippen LogP contribution in [0.5, 0.6) is 0 Å². The topological polar surface area (TPSA) is 35.8 Å². The Kier molecular flexibility index (Phi) is 5.21. The summed E-state index contributed by atoms with van der Waals surface area (Å²) in [5.41, 5.74) is 1.83. The lowest BCUT2D eigenvalue weighted by molar-refractivity contribution is 0.694. The van der Waals surface area contributed by atoms with Crippen molar-refractivity contribution in [1.82, 2.24) is 5.32 Å². The van der Waals surface area contributed by atoms with Crippen molar-refractivity contribution in [2.45, 2.75) is 19.9 Å². The minimum Gasteiger partial charge on any atom is -0.312 e. The fourth-order valence-corrected chi connectivity index (χ4v) is 1.36. The summed E-state index contributed by atoms with van der Waals surface area (Å²) in [4.78, 5) is 0. The predicted octanol–water partition coefficient (Wildman–Crippen LogP) is 2.61. The Hall–Kier alpha value is -1.59. The lowest BCUT2D eigenvalue weighted by Crippen LogP contribution is -2.14. The van der Waals surface area contributed by atoms with Crippen molar-refractivity contribution in [3.63, 3.8) is 0 Å². The van der Waals surface area contributed by atoms with Crippen molar-refractivity contribution >= 4 is 0 Å². The maximum absolute atomic E-state index is 8.87. The van der Waals surface area contributed by atoms with Gasteiger partial charge in [-0.05, 0) is 31.5 Å². The zero-order valence-electron chi connectivity index (χ0n) is 9.03. The van der Waals surface area contributed by atoms with E-state index < -0.39 is 0 Å². The summed E-state index contributed by atoms with van der Waals surface area (Å²) in [6.45, 7) is 3.73. The first-order valence-electron chi connectivity index (χ1n) is 5.18. The molecule has 2 nitrogen and oxygen atoms in total. The molecule has 0 aliphatic heterocycles. The first-order valence-corrected chi connectivity index (χ1v) is 5.18. The molecule has 0 atom stereocenters. The number of nitrogens with zero attached hydrogens (tertiary/aromatic N) is 1. The molecule has 0 aliphatic carbocycles. The monoisotopic (exact) mass is 200 g/mol. The normalized spacial score (nSPS) is 10.4. The quantitative estimate of drug-likeness (QED) is 0.586. The summed E-state index contributed by atoms with van der Waals surface area (Å²) in [7, 11) is 0. The van der Waals surface area contributed by atoms with Gasteiger partial charge in [0.2, 0.25) is 0 Å². The van der Waals surface area contributed by atoms with Gasteiger partial charge in [-0.25, -0.2) is 0 Å². The van der Waals surface area contributed by atoms with Gasteiger partial charge in [0.05, 0.1) is 11.6 Å². The third-order valence-corrected chi connectivity index (χ3v) is 2.18. The number of rotatable bonds is 5. The number of allylic oxidation sites excluding steroid dienone is 1. The van der Waals surface area contributed by atoms with Gasteiger partial charge >= 0.3 is 0 Å². The Balaban J connectivity index is 2.41. The molecule has 1 rings (SSSR count). The zero-order chi connectivity index (χ0) is 10.9. The molecular weight excluding hydrogens is 184 g/mol. The first-order chi connectivity index (χ1) is 7.38. The molecule has 0 fully saturated rings. The Morgan fingerprint density at radius 3 is 2.93 bits per heavy atom. The van der Waals surface area contributed by atoms with Crippen molar-refractivity contribution in [1.29, 1.82) is 5.26 Å². The molecule has 0 aromatic heterocycles. The molecular formula is C13H16N2. The molecule has 2 heteroatoms. The van der Waals surface area contributed by atoms with E-state index in [1.165, 1.54) is 0 Å². The zero-order valence-corrected chi connectivity index (χ0v) is 9.03. The van der Waals surface area contributed by atoms with Crippen molar-refractivity contribution in [2.75, 3.05) is 6.54 Å². The summed E-state index contributed by atoms with van der Waals surface area (Å²) in [5.74, 6) is 0. The summed E-state index contributed by atoms with van der Waals surface area (Å²) in [6.07, 6.45) is 5.21. The molecule has 1 N–H and O–H groups in total. The van der Waals surface area contributed by atoms with Gasteiger partial charge in [0.15, 0.2) is 0 Å². The van der Waals surface area contributed by atoms with Crippen LogP contribution in [0.3, 0.4) is 0 Å². The number of nitriles is 1. The van der Waals surface area contributed by atoms with Crippen LogP contribution in [-0.4, -0.2) is 6.54 Å². The van der Waals surface area contributed by atoms with E-state index >= 15 is 0 Å². The molecule has 0 unspecified atom stereocenters. The van der Waals surface area contributed by atoms with Crippen LogP contribution in [0, 0.1) is 11.3 Å². The molecule has 1 aromatic rings. The van der Waals surface area contributed by atoms with Gasteiger partial charge in [-0.1, -0.05) is 30.4 Å². The molecule has 0 bridgehead atoms. The molecule has 15 heavy (non-hydrogen) atoms. The molecule has 0 spiro atoms. The fraction of sp³-hybridized carbons (Fsp3) is 0.308. The summed E-state index contributed by atoms with van der Waals surface area (Å²) >= 11 is 0. The molecule has 0 amide bonds. The van der Waals surface area contributed by atoms with E-state index in [1.807, 2.05) is 37.3 Å².